The number of nitrogens with one attached hydrogen (secondary N) is 1. The predicted molar refractivity (Wildman–Crippen MR) is 93.1 cm³/mol. The molecule has 3 rings (SSSR count). The lowest BCUT2D eigenvalue weighted by Gasteiger charge is -2.13. The Morgan fingerprint density at radius 1 is 0.960 bits per heavy atom. The van der Waals surface area contributed by atoms with Gasteiger partial charge in [-0.05, 0) is 29.8 Å². The fourth-order valence-electron chi connectivity index (χ4n) is 2.34. The molecule has 2 heterocycles. The molecule has 3 aromatic rings. The summed E-state index contributed by atoms with van der Waals surface area (Å²) in [4.78, 5) is 4.34. The Morgan fingerprint density at radius 2 is 1.76 bits per heavy atom. The summed E-state index contributed by atoms with van der Waals surface area (Å²) >= 11 is 0. The number of para-hydroxylation sites is 1. The first-order valence-electron chi connectivity index (χ1n) is 7.87. The van der Waals surface area contributed by atoms with E-state index in [1.807, 2.05) is 42.5 Å². The van der Waals surface area contributed by atoms with Gasteiger partial charge in [0, 0.05) is 18.8 Å². The number of pyridine rings is 1. The van der Waals surface area contributed by atoms with E-state index in [4.69, 9.17) is 18.6 Å². The van der Waals surface area contributed by atoms with Gasteiger partial charge in [-0.15, -0.1) is 0 Å². The van der Waals surface area contributed by atoms with Gasteiger partial charge >= 0.3 is 0 Å². The van der Waals surface area contributed by atoms with E-state index < -0.39 is 0 Å². The van der Waals surface area contributed by atoms with Gasteiger partial charge in [-0.1, -0.05) is 12.1 Å². The molecule has 2 aromatic heterocycles. The number of aromatic nitrogens is 1. The molecule has 6 nitrogen and oxygen atoms in total. The van der Waals surface area contributed by atoms with Crippen molar-refractivity contribution >= 4 is 0 Å². The largest absolute Gasteiger partial charge is 0.493 e. The summed E-state index contributed by atoms with van der Waals surface area (Å²) in [5, 5.41) is 3.30. The molecule has 0 aliphatic heterocycles. The van der Waals surface area contributed by atoms with Gasteiger partial charge in [-0.2, -0.15) is 0 Å². The topological polar surface area (TPSA) is 65.8 Å². The van der Waals surface area contributed by atoms with Crippen LogP contribution in [0.1, 0.15) is 11.3 Å². The zero-order chi connectivity index (χ0) is 17.5. The van der Waals surface area contributed by atoms with Gasteiger partial charge in [0.2, 0.25) is 11.6 Å². The van der Waals surface area contributed by atoms with E-state index in [1.54, 1.807) is 26.7 Å². The summed E-state index contributed by atoms with van der Waals surface area (Å²) in [5.74, 6) is 3.05. The summed E-state index contributed by atoms with van der Waals surface area (Å²) in [5.41, 5.74) is 1.05. The van der Waals surface area contributed by atoms with Gasteiger partial charge in [0.25, 0.3) is 0 Å². The van der Waals surface area contributed by atoms with Gasteiger partial charge in [0.1, 0.15) is 5.76 Å². The smallest absolute Gasteiger partial charge is 0.219 e. The molecule has 0 radical (unpaired) electrons. The van der Waals surface area contributed by atoms with E-state index in [0.717, 1.165) is 11.3 Å². The van der Waals surface area contributed by atoms with Gasteiger partial charge in [0.05, 0.1) is 27.0 Å². The third-order valence-corrected chi connectivity index (χ3v) is 3.60. The van der Waals surface area contributed by atoms with E-state index in [-0.39, 0.29) is 0 Å². The third kappa shape index (κ3) is 4.30. The van der Waals surface area contributed by atoms with Crippen LogP contribution < -0.4 is 19.5 Å². The van der Waals surface area contributed by atoms with Crippen molar-refractivity contribution in [1.29, 1.82) is 0 Å². The lowest BCUT2D eigenvalue weighted by molar-refractivity contribution is 0.342. The van der Waals surface area contributed by atoms with Crippen LogP contribution in [-0.4, -0.2) is 19.2 Å². The Kier molecular flexibility index (Phi) is 5.53. The number of hydrogen-bond acceptors (Lipinski definition) is 6. The Morgan fingerprint density at radius 3 is 2.36 bits per heavy atom. The second kappa shape index (κ2) is 8.21. The summed E-state index contributed by atoms with van der Waals surface area (Å²) in [6.07, 6.45) is 3.43. The number of rotatable bonds is 8. The van der Waals surface area contributed by atoms with E-state index >= 15 is 0 Å². The van der Waals surface area contributed by atoms with Crippen LogP contribution in [0.2, 0.25) is 0 Å². The van der Waals surface area contributed by atoms with Gasteiger partial charge in [0.15, 0.2) is 11.5 Å². The fourth-order valence-corrected chi connectivity index (χ4v) is 2.34. The average Bonchev–Trinajstić information content (AvgIpc) is 3.17. The lowest BCUT2D eigenvalue weighted by atomic mass is 10.2. The minimum absolute atomic E-state index is 0.470. The molecule has 0 aliphatic carbocycles. The first-order valence-corrected chi connectivity index (χ1v) is 7.87. The van der Waals surface area contributed by atoms with Crippen molar-refractivity contribution in [3.8, 4) is 23.1 Å². The SMILES string of the molecule is COc1cccc(OC)c1Oc1ccc(CNCc2ccco2)cn1. The number of nitrogens with zero attached hydrogens (tertiary/aromatic N) is 1. The van der Waals surface area contributed by atoms with Gasteiger partial charge < -0.3 is 23.9 Å². The molecule has 1 aromatic carbocycles. The quantitative estimate of drug-likeness (QED) is 0.673. The Hall–Kier alpha value is -2.99. The van der Waals surface area contributed by atoms with Crippen molar-refractivity contribution in [3.63, 3.8) is 0 Å². The molecule has 0 spiro atoms. The molecule has 25 heavy (non-hydrogen) atoms. The van der Waals surface area contributed by atoms with Crippen LogP contribution in [0.15, 0.2) is 59.3 Å². The van der Waals surface area contributed by atoms with Crippen LogP contribution in [0.4, 0.5) is 0 Å². The second-order valence-corrected chi connectivity index (χ2v) is 5.28. The summed E-state index contributed by atoms with van der Waals surface area (Å²) in [6.45, 7) is 1.36. The predicted octanol–water partition coefficient (Wildman–Crippen LogP) is 3.77. The molecule has 0 fully saturated rings. The normalized spacial score (nSPS) is 10.5. The highest BCUT2D eigenvalue weighted by Gasteiger charge is 2.13. The molecule has 130 valence electrons. The number of ether oxygens (including phenoxy) is 3. The van der Waals surface area contributed by atoms with Crippen LogP contribution in [0.25, 0.3) is 0 Å². The van der Waals surface area contributed by atoms with Crippen molar-refractivity contribution in [2.24, 2.45) is 0 Å². The van der Waals surface area contributed by atoms with Crippen LogP contribution >= 0.6 is 0 Å². The van der Waals surface area contributed by atoms with Crippen molar-refractivity contribution in [2.75, 3.05) is 14.2 Å². The Balaban J connectivity index is 1.63. The first kappa shape index (κ1) is 16.9. The maximum atomic E-state index is 5.84. The zero-order valence-electron chi connectivity index (χ0n) is 14.2. The molecule has 0 atom stereocenters. The molecule has 6 heteroatoms. The molecule has 0 saturated heterocycles. The summed E-state index contributed by atoms with van der Waals surface area (Å²) in [7, 11) is 3.17. The highest BCUT2D eigenvalue weighted by molar-refractivity contribution is 5.52. The van der Waals surface area contributed by atoms with Gasteiger partial charge in [-0.25, -0.2) is 4.98 Å². The maximum absolute atomic E-state index is 5.84. The van der Waals surface area contributed by atoms with E-state index in [0.29, 0.717) is 36.2 Å². The lowest BCUT2D eigenvalue weighted by Crippen LogP contribution is -2.12. The highest BCUT2D eigenvalue weighted by atomic mass is 16.5. The van der Waals surface area contributed by atoms with E-state index in [9.17, 15) is 0 Å². The molecule has 0 amide bonds. The minimum atomic E-state index is 0.470. The Labute approximate surface area is 146 Å². The minimum Gasteiger partial charge on any atom is -0.493 e. The molecule has 0 aliphatic rings. The molecule has 0 saturated carbocycles. The standard InChI is InChI=1S/C19H20N2O4/c1-22-16-6-3-7-17(23-2)19(16)25-18-9-8-14(12-21-18)11-20-13-15-5-4-10-24-15/h3-10,12,20H,11,13H2,1-2H3. The van der Waals surface area contributed by atoms with Crippen LogP contribution in [0.5, 0.6) is 23.1 Å². The Bertz CT molecular complexity index is 763. The highest BCUT2D eigenvalue weighted by Crippen LogP contribution is 2.39. The summed E-state index contributed by atoms with van der Waals surface area (Å²) < 4.78 is 21.8. The number of benzene rings is 1. The van der Waals surface area contributed by atoms with Gasteiger partial charge in [-0.3, -0.25) is 0 Å². The van der Waals surface area contributed by atoms with Crippen molar-refractivity contribution in [2.45, 2.75) is 13.1 Å². The monoisotopic (exact) mass is 340 g/mol. The molecular weight excluding hydrogens is 320 g/mol. The second-order valence-electron chi connectivity index (χ2n) is 5.28. The van der Waals surface area contributed by atoms with E-state index in [2.05, 4.69) is 10.3 Å². The first-order chi connectivity index (χ1) is 12.3. The molecule has 0 unspecified atom stereocenters. The molecule has 0 bridgehead atoms. The zero-order valence-corrected chi connectivity index (χ0v) is 14.2. The summed E-state index contributed by atoms with van der Waals surface area (Å²) in [6, 6.07) is 13.0. The molecule has 1 N–H and O–H groups in total. The van der Waals surface area contributed by atoms with Crippen LogP contribution in [0, 0.1) is 0 Å². The maximum Gasteiger partial charge on any atom is 0.219 e. The molecular formula is C19H20N2O4. The van der Waals surface area contributed by atoms with Crippen LogP contribution in [0.3, 0.4) is 0 Å². The van der Waals surface area contributed by atoms with E-state index in [1.165, 1.54) is 0 Å². The van der Waals surface area contributed by atoms with Crippen LogP contribution in [-0.2, 0) is 13.1 Å². The van der Waals surface area contributed by atoms with Crippen molar-refractivity contribution in [1.82, 2.24) is 10.3 Å². The van der Waals surface area contributed by atoms with Crippen molar-refractivity contribution < 1.29 is 18.6 Å². The van der Waals surface area contributed by atoms with Crippen molar-refractivity contribution in [3.05, 3.63) is 66.2 Å². The average molecular weight is 340 g/mol. The number of methoxy groups -OCH3 is 2. The fraction of sp³-hybridized carbons (Fsp3) is 0.211. The number of hydrogen-bond donors (Lipinski definition) is 1. The number of furan rings is 1. The third-order valence-electron chi connectivity index (χ3n) is 3.60.